The van der Waals surface area contributed by atoms with E-state index >= 15 is 0 Å². The second kappa shape index (κ2) is 5.59. The molecule has 0 N–H and O–H groups in total. The molecule has 0 spiro atoms. The number of hydrogen-bond donors (Lipinski definition) is 0. The summed E-state index contributed by atoms with van der Waals surface area (Å²) in [5, 5.41) is 0. The molecule has 100 valence electrons. The smallest absolute Gasteiger partial charge is 0.262 e. The highest BCUT2D eigenvalue weighted by atomic mass is 35.7. The summed E-state index contributed by atoms with van der Waals surface area (Å²) < 4.78 is 27.8. The maximum absolute atomic E-state index is 11.1. The Hall–Kier alpha value is -1.59. The molecule has 1 unspecified atom stereocenters. The molecule has 19 heavy (non-hydrogen) atoms. The molecule has 0 saturated heterocycles. The fourth-order valence-corrected chi connectivity index (χ4v) is 2.24. The highest BCUT2D eigenvalue weighted by molar-refractivity contribution is 8.13. The Morgan fingerprint density at radius 2 is 1.84 bits per heavy atom. The molecule has 1 aromatic heterocycles. The molecule has 6 heteroatoms. The summed E-state index contributed by atoms with van der Waals surface area (Å²) in [6.07, 6.45) is 1.00. The van der Waals surface area contributed by atoms with Crippen LogP contribution in [0.25, 0.3) is 0 Å². The SMILES string of the molecule is CC(Oc1ccc(S(=O)(=O)Cl)cn1)c1ccccc1. The highest BCUT2D eigenvalue weighted by Gasteiger charge is 2.12. The molecule has 0 aliphatic carbocycles. The van der Waals surface area contributed by atoms with E-state index in [-0.39, 0.29) is 11.0 Å². The van der Waals surface area contributed by atoms with Gasteiger partial charge in [0, 0.05) is 16.7 Å². The lowest BCUT2D eigenvalue weighted by atomic mass is 10.1. The zero-order chi connectivity index (χ0) is 13.9. The quantitative estimate of drug-likeness (QED) is 0.814. The molecular weight excluding hydrogens is 286 g/mol. The summed E-state index contributed by atoms with van der Waals surface area (Å²) in [5.74, 6) is 0.348. The average Bonchev–Trinajstić information content (AvgIpc) is 2.39. The molecule has 1 atom stereocenters. The Morgan fingerprint density at radius 3 is 2.37 bits per heavy atom. The molecule has 0 aliphatic heterocycles. The van der Waals surface area contributed by atoms with Gasteiger partial charge in [-0.25, -0.2) is 13.4 Å². The summed E-state index contributed by atoms with van der Waals surface area (Å²) in [7, 11) is 1.46. The van der Waals surface area contributed by atoms with Crippen LogP contribution >= 0.6 is 10.7 Å². The van der Waals surface area contributed by atoms with Crippen LogP contribution in [0.3, 0.4) is 0 Å². The molecule has 2 aromatic rings. The largest absolute Gasteiger partial charge is 0.470 e. The van der Waals surface area contributed by atoms with Crippen molar-refractivity contribution in [1.29, 1.82) is 0 Å². The van der Waals surface area contributed by atoms with E-state index in [4.69, 9.17) is 15.4 Å². The van der Waals surface area contributed by atoms with Crippen LogP contribution in [0.5, 0.6) is 5.88 Å². The van der Waals surface area contributed by atoms with Crippen LogP contribution in [0, 0.1) is 0 Å². The standard InChI is InChI=1S/C13H12ClNO3S/c1-10(11-5-3-2-4-6-11)18-13-8-7-12(9-15-13)19(14,16)17/h2-10H,1H3. The molecule has 1 heterocycles. The Labute approximate surface area is 116 Å². The van der Waals surface area contributed by atoms with E-state index in [1.54, 1.807) is 0 Å². The summed E-state index contributed by atoms with van der Waals surface area (Å²) in [6, 6.07) is 12.5. The van der Waals surface area contributed by atoms with Gasteiger partial charge in [0.25, 0.3) is 9.05 Å². The number of pyridine rings is 1. The number of ether oxygens (including phenoxy) is 1. The van der Waals surface area contributed by atoms with E-state index in [0.717, 1.165) is 5.56 Å². The molecule has 0 amide bonds. The molecule has 0 radical (unpaired) electrons. The second-order valence-electron chi connectivity index (χ2n) is 3.94. The van der Waals surface area contributed by atoms with Crippen molar-refractivity contribution in [3.8, 4) is 5.88 Å². The van der Waals surface area contributed by atoms with Gasteiger partial charge in [-0.15, -0.1) is 0 Å². The maximum atomic E-state index is 11.1. The van der Waals surface area contributed by atoms with E-state index in [0.29, 0.717) is 5.88 Å². The van der Waals surface area contributed by atoms with Crippen LogP contribution in [-0.4, -0.2) is 13.4 Å². The first-order chi connectivity index (χ1) is 8.97. The first kappa shape index (κ1) is 13.8. The number of hydrogen-bond acceptors (Lipinski definition) is 4. The first-order valence-corrected chi connectivity index (χ1v) is 7.90. The fourth-order valence-electron chi connectivity index (χ4n) is 1.55. The van der Waals surface area contributed by atoms with Crippen LogP contribution in [-0.2, 0) is 9.05 Å². The van der Waals surface area contributed by atoms with Gasteiger partial charge in [0.15, 0.2) is 0 Å². The Morgan fingerprint density at radius 1 is 1.16 bits per heavy atom. The van der Waals surface area contributed by atoms with Crippen LogP contribution in [0.1, 0.15) is 18.6 Å². The van der Waals surface area contributed by atoms with E-state index in [2.05, 4.69) is 4.98 Å². The van der Waals surface area contributed by atoms with E-state index in [1.807, 2.05) is 37.3 Å². The Balaban J connectivity index is 2.12. The van der Waals surface area contributed by atoms with Crippen LogP contribution < -0.4 is 4.74 Å². The normalized spacial score (nSPS) is 12.9. The lowest BCUT2D eigenvalue weighted by molar-refractivity contribution is 0.217. The van der Waals surface area contributed by atoms with Gasteiger partial charge in [-0.05, 0) is 18.6 Å². The predicted molar refractivity (Wildman–Crippen MR) is 72.8 cm³/mol. The van der Waals surface area contributed by atoms with Gasteiger partial charge in [0.05, 0.1) is 6.20 Å². The third-order valence-corrected chi connectivity index (χ3v) is 3.90. The van der Waals surface area contributed by atoms with Crippen molar-refractivity contribution in [1.82, 2.24) is 4.98 Å². The van der Waals surface area contributed by atoms with Crippen molar-refractivity contribution >= 4 is 19.7 Å². The van der Waals surface area contributed by atoms with Crippen molar-refractivity contribution in [2.24, 2.45) is 0 Å². The lowest BCUT2D eigenvalue weighted by Crippen LogP contribution is -2.04. The average molecular weight is 298 g/mol. The van der Waals surface area contributed by atoms with Crippen LogP contribution in [0.4, 0.5) is 0 Å². The molecular formula is C13H12ClNO3S. The number of rotatable bonds is 4. The predicted octanol–water partition coefficient (Wildman–Crippen LogP) is 3.15. The van der Waals surface area contributed by atoms with Gasteiger partial charge in [-0.3, -0.25) is 0 Å². The number of benzene rings is 1. The summed E-state index contributed by atoms with van der Waals surface area (Å²) in [4.78, 5) is 3.88. The summed E-state index contributed by atoms with van der Waals surface area (Å²) >= 11 is 0. The van der Waals surface area contributed by atoms with Crippen LogP contribution in [0.2, 0.25) is 0 Å². The van der Waals surface area contributed by atoms with Crippen molar-refractivity contribution in [3.05, 3.63) is 54.2 Å². The minimum Gasteiger partial charge on any atom is -0.470 e. The van der Waals surface area contributed by atoms with Crippen molar-refractivity contribution in [2.75, 3.05) is 0 Å². The molecule has 4 nitrogen and oxygen atoms in total. The lowest BCUT2D eigenvalue weighted by Gasteiger charge is -2.14. The van der Waals surface area contributed by atoms with Gasteiger partial charge in [-0.2, -0.15) is 0 Å². The van der Waals surface area contributed by atoms with E-state index in [1.165, 1.54) is 18.3 Å². The van der Waals surface area contributed by atoms with Crippen LogP contribution in [0.15, 0.2) is 53.6 Å². The fraction of sp³-hybridized carbons (Fsp3) is 0.154. The van der Waals surface area contributed by atoms with E-state index in [9.17, 15) is 8.42 Å². The zero-order valence-corrected chi connectivity index (χ0v) is 11.7. The third-order valence-electron chi connectivity index (χ3n) is 2.56. The molecule has 0 bridgehead atoms. The minimum atomic E-state index is -3.75. The molecule has 2 rings (SSSR count). The van der Waals surface area contributed by atoms with Crippen molar-refractivity contribution in [3.63, 3.8) is 0 Å². The van der Waals surface area contributed by atoms with Gasteiger partial charge >= 0.3 is 0 Å². The molecule has 1 aromatic carbocycles. The molecule has 0 fully saturated rings. The maximum Gasteiger partial charge on any atom is 0.262 e. The van der Waals surface area contributed by atoms with Gasteiger partial charge < -0.3 is 4.74 Å². The van der Waals surface area contributed by atoms with Crippen molar-refractivity contribution in [2.45, 2.75) is 17.9 Å². The third kappa shape index (κ3) is 3.68. The monoisotopic (exact) mass is 297 g/mol. The topological polar surface area (TPSA) is 56.3 Å². The van der Waals surface area contributed by atoms with Gasteiger partial charge in [0.1, 0.15) is 11.0 Å². The molecule has 0 saturated carbocycles. The highest BCUT2D eigenvalue weighted by Crippen LogP contribution is 2.21. The Kier molecular flexibility index (Phi) is 4.07. The first-order valence-electron chi connectivity index (χ1n) is 5.59. The van der Waals surface area contributed by atoms with Crippen molar-refractivity contribution < 1.29 is 13.2 Å². The number of aromatic nitrogens is 1. The summed E-state index contributed by atoms with van der Waals surface area (Å²) in [6.45, 7) is 1.89. The van der Waals surface area contributed by atoms with Gasteiger partial charge in [0.2, 0.25) is 5.88 Å². The number of halogens is 1. The van der Waals surface area contributed by atoms with Gasteiger partial charge in [-0.1, -0.05) is 30.3 Å². The Bertz CT molecular complexity index is 641. The minimum absolute atomic E-state index is 0.0473. The number of nitrogens with zero attached hydrogens (tertiary/aromatic N) is 1. The molecule has 0 aliphatic rings. The van der Waals surface area contributed by atoms with E-state index < -0.39 is 9.05 Å². The zero-order valence-electron chi connectivity index (χ0n) is 10.2. The second-order valence-corrected chi connectivity index (χ2v) is 6.51. The summed E-state index contributed by atoms with van der Waals surface area (Å²) in [5.41, 5.74) is 1.01.